The largest absolute Gasteiger partial charge is 0.395 e. The minimum Gasteiger partial charge on any atom is -0.395 e. The molecule has 0 aromatic heterocycles. The van der Waals surface area contributed by atoms with Crippen LogP contribution in [0.4, 0.5) is 0 Å². The number of aliphatic hydroxyl groups excluding tert-OH is 1. The van der Waals surface area contributed by atoms with Crippen LogP contribution in [0, 0.1) is 0 Å². The van der Waals surface area contributed by atoms with Gasteiger partial charge in [-0.1, -0.05) is 49.4 Å². The Morgan fingerprint density at radius 2 is 1.78 bits per heavy atom. The highest BCUT2D eigenvalue weighted by Gasteiger charge is 2.12. The number of hydrogen-bond acceptors (Lipinski definition) is 4. The van der Waals surface area contributed by atoms with Crippen LogP contribution in [-0.2, 0) is 21.4 Å². The average molecular weight is 388 g/mol. The topological polar surface area (TPSA) is 86.7 Å². The van der Waals surface area contributed by atoms with Crippen LogP contribution in [0.2, 0.25) is 0 Å². The first kappa shape index (κ1) is 20.8. The smallest absolute Gasteiger partial charge is 0.246 e. The first-order chi connectivity index (χ1) is 13.0. The van der Waals surface area contributed by atoms with Gasteiger partial charge in [-0.15, -0.1) is 0 Å². The van der Waals surface area contributed by atoms with Crippen LogP contribution in [0.1, 0.15) is 18.1 Å². The molecule has 1 amide bonds. The lowest BCUT2D eigenvalue weighted by atomic mass is 10.2. The normalized spacial score (nSPS) is 11.6. The minimum atomic E-state index is -3.49. The fourth-order valence-electron chi connectivity index (χ4n) is 2.50. The van der Waals surface area contributed by atoms with E-state index in [0.717, 1.165) is 5.56 Å². The number of amides is 1. The van der Waals surface area contributed by atoms with E-state index in [9.17, 15) is 18.3 Å². The summed E-state index contributed by atoms with van der Waals surface area (Å²) in [5.41, 5.74) is 1.69. The number of rotatable bonds is 9. The van der Waals surface area contributed by atoms with E-state index in [1.807, 2.05) is 30.3 Å². The summed E-state index contributed by atoms with van der Waals surface area (Å²) < 4.78 is 26.3. The van der Waals surface area contributed by atoms with Crippen molar-refractivity contribution >= 4 is 22.0 Å². The van der Waals surface area contributed by atoms with Crippen molar-refractivity contribution in [2.75, 3.05) is 19.7 Å². The quantitative estimate of drug-likeness (QED) is 0.644. The Bertz CT molecular complexity index is 863. The van der Waals surface area contributed by atoms with E-state index in [1.165, 1.54) is 18.2 Å². The summed E-state index contributed by atoms with van der Waals surface area (Å²) in [4.78, 5) is 14.2. The number of benzene rings is 2. The molecule has 6 nitrogen and oxygen atoms in total. The fourth-order valence-corrected chi connectivity index (χ4v) is 3.54. The number of carbonyl (C=O) groups excluding carboxylic acids is 1. The maximum Gasteiger partial charge on any atom is 0.246 e. The Labute approximate surface area is 160 Å². The Kier molecular flexibility index (Phi) is 7.72. The zero-order chi connectivity index (χ0) is 19.7. The van der Waals surface area contributed by atoms with E-state index >= 15 is 0 Å². The third-order valence-corrected chi connectivity index (χ3v) is 5.40. The highest BCUT2D eigenvalue weighted by Crippen LogP contribution is 2.12. The molecule has 0 atom stereocenters. The molecular weight excluding hydrogens is 364 g/mol. The van der Waals surface area contributed by atoms with Crippen LogP contribution in [0.5, 0.6) is 0 Å². The Hall–Kier alpha value is -2.48. The molecule has 0 aliphatic carbocycles. The van der Waals surface area contributed by atoms with Crippen molar-refractivity contribution in [1.29, 1.82) is 0 Å². The molecule has 7 heteroatoms. The first-order valence-electron chi connectivity index (χ1n) is 8.67. The van der Waals surface area contributed by atoms with Crippen LogP contribution in [0.25, 0.3) is 6.08 Å². The van der Waals surface area contributed by atoms with Gasteiger partial charge in [0, 0.05) is 25.7 Å². The Balaban J connectivity index is 2.07. The summed E-state index contributed by atoms with van der Waals surface area (Å²) in [5, 5.41) is 9.22. The van der Waals surface area contributed by atoms with Crippen LogP contribution in [0.15, 0.2) is 65.6 Å². The van der Waals surface area contributed by atoms with Crippen molar-refractivity contribution in [2.45, 2.75) is 18.4 Å². The second kappa shape index (κ2) is 10.0. The molecule has 0 unspecified atom stereocenters. The second-order valence-corrected chi connectivity index (χ2v) is 7.64. The van der Waals surface area contributed by atoms with Crippen molar-refractivity contribution in [2.24, 2.45) is 0 Å². The van der Waals surface area contributed by atoms with E-state index < -0.39 is 10.0 Å². The molecule has 2 N–H and O–H groups in total. The molecule has 0 fully saturated rings. The van der Waals surface area contributed by atoms with E-state index in [1.54, 1.807) is 30.0 Å². The lowest BCUT2D eigenvalue weighted by Gasteiger charge is -2.20. The molecule has 0 radical (unpaired) electrons. The van der Waals surface area contributed by atoms with Gasteiger partial charge in [0.2, 0.25) is 15.9 Å². The second-order valence-electron chi connectivity index (χ2n) is 5.87. The summed E-state index contributed by atoms with van der Waals surface area (Å²) in [7, 11) is -3.49. The summed E-state index contributed by atoms with van der Waals surface area (Å²) in [6.07, 6.45) is 3.05. The number of nitrogens with one attached hydrogen (secondary N) is 1. The number of sulfonamides is 1. The van der Waals surface area contributed by atoms with Gasteiger partial charge in [0.15, 0.2) is 0 Å². The van der Waals surface area contributed by atoms with Crippen LogP contribution in [-0.4, -0.2) is 44.0 Å². The fraction of sp³-hybridized carbons (Fsp3) is 0.250. The van der Waals surface area contributed by atoms with Crippen molar-refractivity contribution in [3.05, 3.63) is 71.8 Å². The number of nitrogens with zero attached hydrogens (tertiary/aromatic N) is 1. The highest BCUT2D eigenvalue weighted by molar-refractivity contribution is 7.89. The van der Waals surface area contributed by atoms with Crippen molar-refractivity contribution in [1.82, 2.24) is 9.62 Å². The molecule has 0 saturated heterocycles. The molecule has 0 heterocycles. The first-order valence-corrected chi connectivity index (χ1v) is 10.2. The Morgan fingerprint density at radius 3 is 2.37 bits per heavy atom. The highest BCUT2D eigenvalue weighted by atomic mass is 32.2. The summed E-state index contributed by atoms with van der Waals surface area (Å²) in [6, 6.07) is 15.8. The predicted molar refractivity (Wildman–Crippen MR) is 105 cm³/mol. The van der Waals surface area contributed by atoms with Crippen molar-refractivity contribution in [3.8, 4) is 0 Å². The van der Waals surface area contributed by atoms with Crippen LogP contribution < -0.4 is 4.72 Å². The van der Waals surface area contributed by atoms with Gasteiger partial charge in [0.05, 0.1) is 11.5 Å². The molecular formula is C20H24N2O4S. The SMILES string of the molecule is CCNS(=O)(=O)c1ccc(/C=C/C(=O)N(CCO)Cc2ccccc2)cc1. The van der Waals surface area contributed by atoms with Crippen LogP contribution >= 0.6 is 0 Å². The van der Waals surface area contributed by atoms with Gasteiger partial charge in [-0.3, -0.25) is 4.79 Å². The third-order valence-electron chi connectivity index (χ3n) is 3.84. The average Bonchev–Trinajstić information content (AvgIpc) is 2.67. The summed E-state index contributed by atoms with van der Waals surface area (Å²) in [6.45, 7) is 2.56. The molecule has 2 aromatic carbocycles. The zero-order valence-corrected chi connectivity index (χ0v) is 16.0. The number of carbonyl (C=O) groups is 1. The molecule has 2 aromatic rings. The van der Waals surface area contributed by atoms with Gasteiger partial charge in [0.25, 0.3) is 0 Å². The summed E-state index contributed by atoms with van der Waals surface area (Å²) >= 11 is 0. The lowest BCUT2D eigenvalue weighted by Crippen LogP contribution is -2.31. The van der Waals surface area contributed by atoms with Crippen molar-refractivity contribution in [3.63, 3.8) is 0 Å². The Morgan fingerprint density at radius 1 is 1.11 bits per heavy atom. The monoisotopic (exact) mass is 388 g/mol. The molecule has 0 spiro atoms. The molecule has 144 valence electrons. The minimum absolute atomic E-state index is 0.122. The maximum atomic E-state index is 12.4. The van der Waals surface area contributed by atoms with E-state index in [-0.39, 0.29) is 24.0 Å². The van der Waals surface area contributed by atoms with E-state index in [4.69, 9.17) is 0 Å². The molecule has 27 heavy (non-hydrogen) atoms. The van der Waals surface area contributed by atoms with Crippen molar-refractivity contribution < 1.29 is 18.3 Å². The van der Waals surface area contributed by atoms with Gasteiger partial charge in [-0.25, -0.2) is 13.1 Å². The van der Waals surface area contributed by atoms with Gasteiger partial charge in [-0.05, 0) is 29.3 Å². The van der Waals surface area contributed by atoms with Gasteiger partial charge in [0.1, 0.15) is 0 Å². The molecule has 2 rings (SSSR count). The standard InChI is InChI=1S/C20H24N2O4S/c1-2-21-27(25,26)19-11-8-17(9-12-19)10-13-20(24)22(14-15-23)16-18-6-4-3-5-7-18/h3-13,21,23H,2,14-16H2,1H3/b13-10+. The predicted octanol–water partition coefficient (Wildman–Crippen LogP) is 2.02. The molecule has 0 bridgehead atoms. The number of hydrogen-bond donors (Lipinski definition) is 2. The van der Waals surface area contributed by atoms with E-state index in [2.05, 4.69) is 4.72 Å². The zero-order valence-electron chi connectivity index (χ0n) is 15.2. The molecule has 0 aliphatic heterocycles. The third kappa shape index (κ3) is 6.32. The van der Waals surface area contributed by atoms with E-state index in [0.29, 0.717) is 18.7 Å². The lowest BCUT2D eigenvalue weighted by molar-refractivity contribution is -0.127. The molecule has 0 saturated carbocycles. The number of aliphatic hydroxyl groups is 1. The van der Waals surface area contributed by atoms with Gasteiger partial charge >= 0.3 is 0 Å². The van der Waals surface area contributed by atoms with Gasteiger partial charge in [-0.2, -0.15) is 0 Å². The van der Waals surface area contributed by atoms with Gasteiger partial charge < -0.3 is 10.0 Å². The van der Waals surface area contributed by atoms with Crippen LogP contribution in [0.3, 0.4) is 0 Å². The maximum absolute atomic E-state index is 12.4. The summed E-state index contributed by atoms with van der Waals surface area (Å²) in [5.74, 6) is -0.225. The molecule has 0 aliphatic rings.